The van der Waals surface area contributed by atoms with Gasteiger partial charge in [-0.05, 0) is 75.8 Å². The van der Waals surface area contributed by atoms with E-state index in [4.69, 9.17) is 19.5 Å². The Hall–Kier alpha value is -2.33. The van der Waals surface area contributed by atoms with Gasteiger partial charge < -0.3 is 30.2 Å². The van der Waals surface area contributed by atoms with Crippen molar-refractivity contribution in [2.75, 3.05) is 56.1 Å². The molecule has 1 amide bonds. The number of nitrogens with zero attached hydrogens (tertiary/aromatic N) is 2. The molecule has 230 valence electrons. The van der Waals surface area contributed by atoms with Crippen LogP contribution in [0.25, 0.3) is 0 Å². The van der Waals surface area contributed by atoms with Crippen molar-refractivity contribution in [3.05, 3.63) is 40.6 Å². The summed E-state index contributed by atoms with van der Waals surface area (Å²) in [6, 6.07) is 5.64. The second-order valence-corrected chi connectivity index (χ2v) is 12.9. The number of aromatic nitrogens is 2. The average molecular weight is 610 g/mol. The van der Waals surface area contributed by atoms with Crippen molar-refractivity contribution in [3.63, 3.8) is 0 Å². The molecule has 4 N–H and O–H groups in total. The van der Waals surface area contributed by atoms with Crippen molar-refractivity contribution in [1.29, 1.82) is 0 Å². The quantitative estimate of drug-likeness (QED) is 0.120. The van der Waals surface area contributed by atoms with Crippen LogP contribution in [0.2, 0.25) is 0 Å². The maximum absolute atomic E-state index is 13.0. The number of hydrogen-bond acceptors (Lipinski definition) is 10. The van der Waals surface area contributed by atoms with Gasteiger partial charge in [0.05, 0.1) is 26.5 Å². The summed E-state index contributed by atoms with van der Waals surface area (Å²) in [5.41, 5.74) is 9.10. The van der Waals surface area contributed by atoms with Crippen molar-refractivity contribution in [2.45, 2.75) is 72.3 Å². The van der Waals surface area contributed by atoms with Gasteiger partial charge in [0.1, 0.15) is 11.6 Å². The summed E-state index contributed by atoms with van der Waals surface area (Å²) < 4.78 is 29.0. The van der Waals surface area contributed by atoms with Gasteiger partial charge in [-0.2, -0.15) is 16.7 Å². The molecule has 1 aromatic heterocycles. The number of nitrogen functional groups attached to an aromatic ring is 1. The fraction of sp³-hybridized carbons (Fsp3) is 0.621. The summed E-state index contributed by atoms with van der Waals surface area (Å²) in [6.07, 6.45) is 7.61. The molecule has 12 heteroatoms. The first kappa shape index (κ1) is 34.9. The lowest BCUT2D eigenvalue weighted by atomic mass is 9.99. The van der Waals surface area contributed by atoms with Crippen LogP contribution >= 0.6 is 19.4 Å². The second kappa shape index (κ2) is 18.3. The number of hydrogen-bond donors (Lipinski definition) is 3. The van der Waals surface area contributed by atoms with Gasteiger partial charge in [0.25, 0.3) is 5.91 Å². The summed E-state index contributed by atoms with van der Waals surface area (Å²) in [5.74, 6) is 2.45. The van der Waals surface area contributed by atoms with Crippen LogP contribution < -0.4 is 21.1 Å². The fourth-order valence-corrected chi connectivity index (χ4v) is 6.71. The molecule has 1 heterocycles. The molecule has 0 bridgehead atoms. The van der Waals surface area contributed by atoms with Crippen LogP contribution in [-0.4, -0.2) is 67.0 Å². The minimum atomic E-state index is -3.14. The lowest BCUT2D eigenvalue weighted by Gasteiger charge is -2.22. The number of ether oxygens (including phenoxy) is 1. The van der Waals surface area contributed by atoms with Crippen LogP contribution in [0.1, 0.15) is 80.1 Å². The zero-order chi connectivity index (χ0) is 30.3. The highest BCUT2D eigenvalue weighted by atomic mass is 32.2. The molecule has 10 nitrogen and oxygen atoms in total. The molecule has 0 aliphatic rings. The van der Waals surface area contributed by atoms with E-state index in [1.165, 1.54) is 0 Å². The first-order valence-corrected chi connectivity index (χ1v) is 17.5. The van der Waals surface area contributed by atoms with E-state index < -0.39 is 7.60 Å². The largest absolute Gasteiger partial charge is 0.496 e. The summed E-state index contributed by atoms with van der Waals surface area (Å²) in [7, 11) is -1.53. The van der Waals surface area contributed by atoms with E-state index >= 15 is 0 Å². The van der Waals surface area contributed by atoms with Gasteiger partial charge in [0.15, 0.2) is 0 Å². The van der Waals surface area contributed by atoms with E-state index in [2.05, 4.69) is 33.8 Å². The molecule has 1 atom stereocenters. The van der Waals surface area contributed by atoms with Gasteiger partial charge >= 0.3 is 7.60 Å². The van der Waals surface area contributed by atoms with E-state index in [1.807, 2.05) is 24.8 Å². The van der Waals surface area contributed by atoms with Crippen LogP contribution in [0, 0.1) is 6.92 Å². The number of anilines is 2. The van der Waals surface area contributed by atoms with Gasteiger partial charge in [0.2, 0.25) is 5.95 Å². The van der Waals surface area contributed by atoms with E-state index in [0.29, 0.717) is 43.9 Å². The Balaban J connectivity index is 2.23. The molecule has 41 heavy (non-hydrogen) atoms. The highest BCUT2D eigenvalue weighted by Crippen LogP contribution is 2.48. The van der Waals surface area contributed by atoms with E-state index in [0.717, 1.165) is 54.1 Å². The van der Waals surface area contributed by atoms with Crippen LogP contribution in [-0.2, 0) is 20.0 Å². The maximum atomic E-state index is 13.0. The fourth-order valence-electron chi connectivity index (χ4n) is 4.53. The predicted molar refractivity (Wildman–Crippen MR) is 170 cm³/mol. The van der Waals surface area contributed by atoms with Crippen LogP contribution in [0.4, 0.5) is 11.8 Å². The molecular formula is C29H48N5O5PS. The number of nitrogens with two attached hydrogens (primary N) is 1. The Bertz CT molecular complexity index is 1130. The maximum Gasteiger partial charge on any atom is 0.330 e. The number of rotatable bonds is 20. The highest BCUT2D eigenvalue weighted by Gasteiger charge is 2.23. The summed E-state index contributed by atoms with van der Waals surface area (Å²) in [4.78, 5) is 22.0. The number of methoxy groups -OCH3 is 1. The Labute approximate surface area is 249 Å². The van der Waals surface area contributed by atoms with Crippen molar-refractivity contribution in [2.24, 2.45) is 0 Å². The van der Waals surface area contributed by atoms with Crippen LogP contribution in [0.5, 0.6) is 5.75 Å². The molecule has 0 fully saturated rings. The summed E-state index contributed by atoms with van der Waals surface area (Å²) in [5, 5.41) is 6.56. The Kier molecular flexibility index (Phi) is 15.5. The normalized spacial score (nSPS) is 12.2. The number of unbranched alkanes of at least 4 members (excludes halogenated alkanes) is 1. The molecule has 1 aromatic carbocycles. The third kappa shape index (κ3) is 11.5. The standard InChI is InChI=1S/C29H48N5O5PS/c1-7-10-12-24(15-18-41-6)33-27-25(21(4)32-29(30)34-27)20-23-19-22(13-14-26(23)37-5)28(35)31-16-11-17-40(36,38-8-2)39-9-3/h13-14,19,24H,7-12,15-18,20H2,1-6H3,(H,31,35)(H3,30,32,33,34). The molecule has 0 saturated carbocycles. The van der Waals surface area contributed by atoms with Gasteiger partial charge in [0, 0.05) is 35.8 Å². The van der Waals surface area contributed by atoms with Crippen molar-refractivity contribution in [1.82, 2.24) is 15.3 Å². The van der Waals surface area contributed by atoms with Gasteiger partial charge in [-0.1, -0.05) is 19.8 Å². The van der Waals surface area contributed by atoms with Crippen LogP contribution in [0.3, 0.4) is 0 Å². The summed E-state index contributed by atoms with van der Waals surface area (Å²) in [6.45, 7) is 8.65. The minimum absolute atomic E-state index is 0.225. The Morgan fingerprint density at radius 1 is 1.12 bits per heavy atom. The summed E-state index contributed by atoms with van der Waals surface area (Å²) >= 11 is 1.83. The molecule has 0 radical (unpaired) electrons. The molecule has 0 spiro atoms. The lowest BCUT2D eigenvalue weighted by Crippen LogP contribution is -2.25. The number of nitrogens with one attached hydrogen (secondary N) is 2. The topological polar surface area (TPSA) is 138 Å². The Morgan fingerprint density at radius 3 is 2.49 bits per heavy atom. The SMILES string of the molecule is CCCCC(CCSC)Nc1nc(N)nc(C)c1Cc1cc(C(=O)NCCCP(=O)(OCC)OCC)ccc1OC. The smallest absolute Gasteiger partial charge is 0.330 e. The van der Waals surface area contributed by atoms with E-state index in [9.17, 15) is 9.36 Å². The van der Waals surface area contributed by atoms with Crippen LogP contribution in [0.15, 0.2) is 18.2 Å². The second-order valence-electron chi connectivity index (χ2n) is 9.74. The van der Waals surface area contributed by atoms with Gasteiger partial charge in [-0.3, -0.25) is 9.36 Å². The van der Waals surface area contributed by atoms with Crippen molar-refractivity contribution in [3.8, 4) is 5.75 Å². The number of carbonyl (C=O) groups is 1. The number of aryl methyl sites for hydroxylation is 1. The number of amides is 1. The highest BCUT2D eigenvalue weighted by molar-refractivity contribution is 7.98. The third-order valence-electron chi connectivity index (χ3n) is 6.60. The molecular weight excluding hydrogens is 561 g/mol. The molecule has 0 aliphatic heterocycles. The first-order chi connectivity index (χ1) is 19.7. The molecule has 0 saturated heterocycles. The third-order valence-corrected chi connectivity index (χ3v) is 9.42. The monoisotopic (exact) mass is 609 g/mol. The Morgan fingerprint density at radius 2 is 1.85 bits per heavy atom. The molecule has 0 aliphatic carbocycles. The van der Waals surface area contributed by atoms with Gasteiger partial charge in [-0.15, -0.1) is 0 Å². The van der Waals surface area contributed by atoms with E-state index in [-0.39, 0.29) is 24.1 Å². The van der Waals surface area contributed by atoms with E-state index in [1.54, 1.807) is 33.1 Å². The molecule has 2 aromatic rings. The van der Waals surface area contributed by atoms with Gasteiger partial charge in [-0.25, -0.2) is 4.98 Å². The lowest BCUT2D eigenvalue weighted by molar-refractivity contribution is 0.0953. The van der Waals surface area contributed by atoms with Crippen molar-refractivity contribution >= 4 is 37.0 Å². The first-order valence-electron chi connectivity index (χ1n) is 14.4. The molecule has 2 rings (SSSR count). The molecule has 1 unspecified atom stereocenters. The number of carbonyl (C=O) groups excluding carboxylic acids is 1. The van der Waals surface area contributed by atoms with Crippen molar-refractivity contribution < 1.29 is 23.1 Å². The number of thioether (sulfide) groups is 1. The minimum Gasteiger partial charge on any atom is -0.496 e. The zero-order valence-corrected chi connectivity index (χ0v) is 27.2. The number of benzene rings is 1. The average Bonchev–Trinajstić information content (AvgIpc) is 2.94. The zero-order valence-electron chi connectivity index (χ0n) is 25.5. The predicted octanol–water partition coefficient (Wildman–Crippen LogP) is 6.08.